The molecule has 8 nitrogen and oxygen atoms in total. The molecule has 2 aromatic rings. The second-order valence-electron chi connectivity index (χ2n) is 15.3. The van der Waals surface area contributed by atoms with E-state index in [0.29, 0.717) is 24.7 Å². The van der Waals surface area contributed by atoms with E-state index in [0.717, 1.165) is 31.2 Å². The van der Waals surface area contributed by atoms with E-state index in [1.807, 2.05) is 13.8 Å². The Morgan fingerprint density at radius 3 is 1.86 bits per heavy atom. The van der Waals surface area contributed by atoms with E-state index < -0.39 is 72.4 Å². The van der Waals surface area contributed by atoms with Gasteiger partial charge in [-0.3, -0.25) is 9.59 Å². The summed E-state index contributed by atoms with van der Waals surface area (Å²) in [5.74, 6) is -12.1. The summed E-state index contributed by atoms with van der Waals surface area (Å²) in [6.07, 6.45) is 6.19. The van der Waals surface area contributed by atoms with E-state index >= 15 is 0 Å². The first kappa shape index (κ1) is 37.1. The van der Waals surface area contributed by atoms with Gasteiger partial charge in [-0.05, 0) is 126 Å². The largest absolute Gasteiger partial charge is 0.744 e. The molecule has 4 bridgehead atoms. The lowest BCUT2D eigenvalue weighted by Crippen LogP contribution is -2.60. The van der Waals surface area contributed by atoms with Crippen molar-refractivity contribution in [3.05, 3.63) is 53.1 Å². The number of halogens is 4. The van der Waals surface area contributed by atoms with Crippen molar-refractivity contribution in [3.63, 3.8) is 0 Å². The summed E-state index contributed by atoms with van der Waals surface area (Å²) in [6.45, 7) is 8.29. The normalized spacial score (nSPS) is 26.7. The summed E-state index contributed by atoms with van der Waals surface area (Å²) < 4.78 is 104. The number of hydrogen-bond donors (Lipinski definition) is 1. The van der Waals surface area contributed by atoms with E-state index in [9.17, 15) is 45.2 Å². The van der Waals surface area contributed by atoms with Crippen LogP contribution in [0, 0.1) is 57.8 Å². The van der Waals surface area contributed by atoms with Gasteiger partial charge in [-0.1, -0.05) is 26.0 Å². The molecule has 2 atom stereocenters. The average molecular weight is 712 g/mol. The summed E-state index contributed by atoms with van der Waals surface area (Å²) in [6, 6.07) is 6.53. The van der Waals surface area contributed by atoms with Crippen LogP contribution in [0.25, 0.3) is 0 Å². The third-order valence-corrected chi connectivity index (χ3v) is 12.3. The zero-order valence-corrected chi connectivity index (χ0v) is 29.1. The smallest absolute Gasteiger partial charge is 0.317 e. The molecule has 1 N–H and O–H groups in total. The van der Waals surface area contributed by atoms with Crippen LogP contribution in [-0.4, -0.2) is 35.6 Å². The van der Waals surface area contributed by atoms with Crippen molar-refractivity contribution in [1.82, 2.24) is 0 Å². The standard InChI is InChI=1S/C36H44F4O8S/c1-6-21(22-8-10-25(41)11-9-22)17-35(5,33(43)48-36(7-2)23-13-19-12-20(15-23)16-24(36)14-19)18-34(3,4)32(42)47-30-26(37)28(39)31(49(44,45)46)29(40)27(30)38/h8-11,19-21,23-24,41H,6-7,12-18H2,1-5H3,(H,44,45,46)/p-1. The molecule has 270 valence electrons. The Morgan fingerprint density at radius 2 is 1.41 bits per heavy atom. The molecule has 2 aromatic carbocycles. The number of esters is 2. The lowest BCUT2D eigenvalue weighted by Gasteiger charge is -2.60. The van der Waals surface area contributed by atoms with E-state index in [-0.39, 0.29) is 36.3 Å². The molecule has 0 saturated heterocycles. The lowest BCUT2D eigenvalue weighted by atomic mass is 9.49. The Bertz CT molecular complexity index is 1670. The van der Waals surface area contributed by atoms with Gasteiger partial charge in [0.1, 0.15) is 26.4 Å². The van der Waals surface area contributed by atoms with Gasteiger partial charge in [0.05, 0.1) is 10.8 Å². The zero-order valence-electron chi connectivity index (χ0n) is 28.3. The number of benzene rings is 2. The molecule has 0 heterocycles. The van der Waals surface area contributed by atoms with Gasteiger partial charge in [0, 0.05) is 0 Å². The second kappa shape index (κ2) is 13.2. The number of carbonyl (C=O) groups is 2. The Balaban J connectivity index is 1.48. The SMILES string of the molecule is CCC(CC(C)(CC(C)(C)C(=O)Oc1c(F)c(F)c(S(=O)(=O)[O-])c(F)c1F)C(=O)OC1(CC)C2CC3CC(C2)CC1C3)c1ccc(O)cc1. The number of ether oxygens (including phenoxy) is 2. The molecule has 0 amide bonds. The monoisotopic (exact) mass is 711 g/mol. The molecule has 4 fully saturated rings. The summed E-state index contributed by atoms with van der Waals surface area (Å²) in [5.41, 5.74) is -2.98. The van der Waals surface area contributed by atoms with Crippen molar-refractivity contribution in [2.75, 3.05) is 0 Å². The van der Waals surface area contributed by atoms with Crippen molar-refractivity contribution < 1.29 is 54.7 Å². The quantitative estimate of drug-likeness (QED) is 0.0773. The minimum atomic E-state index is -5.97. The maximum Gasteiger partial charge on any atom is 0.317 e. The van der Waals surface area contributed by atoms with Crippen LogP contribution in [0.1, 0.15) is 104 Å². The molecule has 49 heavy (non-hydrogen) atoms. The molecule has 4 saturated carbocycles. The summed E-state index contributed by atoms with van der Waals surface area (Å²) in [7, 11) is -5.97. The van der Waals surface area contributed by atoms with Crippen molar-refractivity contribution in [1.29, 1.82) is 0 Å². The number of carbonyl (C=O) groups excluding carboxylic acids is 2. The highest BCUT2D eigenvalue weighted by atomic mass is 32.2. The third-order valence-electron chi connectivity index (χ3n) is 11.4. The summed E-state index contributed by atoms with van der Waals surface area (Å²) in [4.78, 5) is 25.8. The van der Waals surface area contributed by atoms with Crippen LogP contribution in [-0.2, 0) is 24.4 Å². The number of phenolic OH excluding ortho intramolecular Hbond substituents is 1. The molecule has 0 aromatic heterocycles. The van der Waals surface area contributed by atoms with Crippen LogP contribution in [0.3, 0.4) is 0 Å². The van der Waals surface area contributed by atoms with Gasteiger partial charge in [-0.15, -0.1) is 0 Å². The van der Waals surface area contributed by atoms with Crippen molar-refractivity contribution >= 4 is 22.1 Å². The molecule has 0 spiro atoms. The topological polar surface area (TPSA) is 130 Å². The van der Waals surface area contributed by atoms with Crippen LogP contribution < -0.4 is 4.74 Å². The van der Waals surface area contributed by atoms with Gasteiger partial charge in [0.25, 0.3) is 0 Å². The molecule has 4 aliphatic rings. The van der Waals surface area contributed by atoms with Crippen LogP contribution in [0.2, 0.25) is 0 Å². The first-order valence-electron chi connectivity index (χ1n) is 16.8. The van der Waals surface area contributed by atoms with Crippen LogP contribution >= 0.6 is 0 Å². The Hall–Kier alpha value is -3.19. The van der Waals surface area contributed by atoms with Gasteiger partial charge < -0.3 is 19.1 Å². The van der Waals surface area contributed by atoms with Gasteiger partial charge >= 0.3 is 11.9 Å². The maximum absolute atomic E-state index is 14.8. The third kappa shape index (κ3) is 6.81. The van der Waals surface area contributed by atoms with Crippen LogP contribution in [0.4, 0.5) is 17.6 Å². The number of aromatic hydroxyl groups is 1. The van der Waals surface area contributed by atoms with Crippen LogP contribution in [0.5, 0.6) is 11.5 Å². The van der Waals surface area contributed by atoms with Gasteiger partial charge in [0.2, 0.25) is 17.4 Å². The maximum atomic E-state index is 14.8. The fraction of sp³-hybridized carbons (Fsp3) is 0.611. The van der Waals surface area contributed by atoms with Gasteiger partial charge in [-0.25, -0.2) is 17.2 Å². The molecule has 4 aliphatic carbocycles. The zero-order chi connectivity index (χ0) is 36.3. The van der Waals surface area contributed by atoms with Crippen LogP contribution in [0.15, 0.2) is 29.2 Å². The van der Waals surface area contributed by atoms with E-state index in [2.05, 4.69) is 0 Å². The molecular weight excluding hydrogens is 668 g/mol. The first-order valence-corrected chi connectivity index (χ1v) is 18.2. The number of rotatable bonds is 12. The fourth-order valence-electron chi connectivity index (χ4n) is 9.29. The molecule has 13 heteroatoms. The molecular formula is C36H43F4O8S-. The highest BCUT2D eigenvalue weighted by Gasteiger charge is 2.60. The Kier molecular flexibility index (Phi) is 9.96. The first-order chi connectivity index (χ1) is 22.8. The van der Waals surface area contributed by atoms with Crippen molar-refractivity contribution in [3.8, 4) is 11.5 Å². The minimum Gasteiger partial charge on any atom is -0.744 e. The second-order valence-corrected chi connectivity index (χ2v) is 16.6. The highest BCUT2D eigenvalue weighted by molar-refractivity contribution is 7.85. The van der Waals surface area contributed by atoms with Gasteiger partial charge in [-0.2, -0.15) is 8.78 Å². The fourth-order valence-corrected chi connectivity index (χ4v) is 9.91. The molecule has 0 radical (unpaired) electrons. The molecule has 0 aliphatic heterocycles. The molecule has 2 unspecified atom stereocenters. The Morgan fingerprint density at radius 1 is 0.898 bits per heavy atom. The van der Waals surface area contributed by atoms with Crippen molar-refractivity contribution in [2.45, 2.75) is 109 Å². The summed E-state index contributed by atoms with van der Waals surface area (Å²) in [5, 5.41) is 9.86. The van der Waals surface area contributed by atoms with E-state index in [1.165, 1.54) is 32.4 Å². The molecule has 6 rings (SSSR count). The van der Waals surface area contributed by atoms with E-state index in [4.69, 9.17) is 9.47 Å². The van der Waals surface area contributed by atoms with E-state index in [1.54, 1.807) is 19.1 Å². The average Bonchev–Trinajstić information content (AvgIpc) is 3.02. The van der Waals surface area contributed by atoms with Gasteiger partial charge in [0.15, 0.2) is 11.6 Å². The Labute approximate surface area is 284 Å². The highest BCUT2D eigenvalue weighted by Crippen LogP contribution is 2.61. The number of hydrogen-bond acceptors (Lipinski definition) is 8. The summed E-state index contributed by atoms with van der Waals surface area (Å²) >= 11 is 0. The minimum absolute atomic E-state index is 0.0599. The predicted molar refractivity (Wildman–Crippen MR) is 168 cm³/mol. The predicted octanol–water partition coefficient (Wildman–Crippen LogP) is 7.91. The number of phenols is 1. The lowest BCUT2D eigenvalue weighted by molar-refractivity contribution is -0.220. The van der Waals surface area contributed by atoms with Crippen molar-refractivity contribution in [2.24, 2.45) is 34.5 Å².